The Morgan fingerprint density at radius 1 is 1.36 bits per heavy atom. The minimum Gasteiger partial charge on any atom is -0.342 e. The lowest BCUT2D eigenvalue weighted by atomic mass is 10.2. The molecule has 1 N–H and O–H groups in total. The fourth-order valence-electron chi connectivity index (χ4n) is 2.38. The highest BCUT2D eigenvalue weighted by Crippen LogP contribution is 2.13. The summed E-state index contributed by atoms with van der Waals surface area (Å²) in [6.07, 6.45) is 1.46. The molecule has 0 aliphatic carbocycles. The normalized spacial score (nSPS) is 16.5. The molecule has 1 saturated heterocycles. The molecule has 1 aromatic rings. The van der Waals surface area contributed by atoms with Crippen LogP contribution in [0.25, 0.3) is 0 Å². The van der Waals surface area contributed by atoms with E-state index in [1.807, 2.05) is 13.0 Å². The van der Waals surface area contributed by atoms with Crippen LogP contribution in [0.5, 0.6) is 0 Å². The van der Waals surface area contributed by atoms with Gasteiger partial charge in [-0.2, -0.15) is 5.26 Å². The molecule has 1 heterocycles. The van der Waals surface area contributed by atoms with E-state index in [1.165, 1.54) is 24.3 Å². The molecule has 6 nitrogen and oxygen atoms in total. The molecule has 22 heavy (non-hydrogen) atoms. The third-order valence-corrected chi connectivity index (χ3v) is 5.06. The minimum atomic E-state index is -3.59. The summed E-state index contributed by atoms with van der Waals surface area (Å²) in [5.74, 6) is 0.178. The Hall–Kier alpha value is -1.91. The van der Waals surface area contributed by atoms with Crippen LogP contribution in [0.4, 0.5) is 0 Å². The average molecular weight is 321 g/mol. The van der Waals surface area contributed by atoms with Crippen molar-refractivity contribution in [3.05, 3.63) is 29.8 Å². The number of hydrogen-bond acceptors (Lipinski definition) is 4. The Kier molecular flexibility index (Phi) is 5.16. The summed E-state index contributed by atoms with van der Waals surface area (Å²) in [7, 11) is -3.59. The molecule has 7 heteroatoms. The number of nitrogens with zero attached hydrogens (tertiary/aromatic N) is 2. The predicted octanol–water partition coefficient (Wildman–Crippen LogP) is 1.10. The summed E-state index contributed by atoms with van der Waals surface area (Å²) in [6.45, 7) is 3.50. The molecule has 118 valence electrons. The zero-order chi connectivity index (χ0) is 16.2. The van der Waals surface area contributed by atoms with Gasteiger partial charge in [0.15, 0.2) is 0 Å². The van der Waals surface area contributed by atoms with Gasteiger partial charge in [0.25, 0.3) is 0 Å². The topological polar surface area (TPSA) is 90.3 Å². The SMILES string of the molecule is C[C@H](CNS(=O)(=O)c1ccc(C#N)cc1)CN1CCCC1=O. The van der Waals surface area contributed by atoms with Gasteiger partial charge in [0, 0.05) is 26.1 Å². The Morgan fingerprint density at radius 3 is 2.59 bits per heavy atom. The first-order valence-corrected chi connectivity index (χ1v) is 8.68. The van der Waals surface area contributed by atoms with Crippen LogP contribution in [0.15, 0.2) is 29.2 Å². The minimum absolute atomic E-state index is 0.0372. The van der Waals surface area contributed by atoms with Gasteiger partial charge in [-0.15, -0.1) is 0 Å². The molecule has 0 radical (unpaired) electrons. The summed E-state index contributed by atoms with van der Waals surface area (Å²) in [5.41, 5.74) is 0.417. The molecule has 1 atom stereocenters. The Balaban J connectivity index is 1.91. The van der Waals surface area contributed by atoms with Crippen LogP contribution in [-0.4, -0.2) is 38.9 Å². The number of hydrogen-bond donors (Lipinski definition) is 1. The fraction of sp³-hybridized carbons (Fsp3) is 0.467. The van der Waals surface area contributed by atoms with Crippen LogP contribution in [0.1, 0.15) is 25.3 Å². The molecular formula is C15H19N3O3S. The lowest BCUT2D eigenvalue weighted by Crippen LogP contribution is -2.36. The quantitative estimate of drug-likeness (QED) is 0.849. The maximum atomic E-state index is 12.2. The fourth-order valence-corrected chi connectivity index (χ4v) is 3.55. The third-order valence-electron chi connectivity index (χ3n) is 3.62. The number of carbonyl (C=O) groups is 1. The summed E-state index contributed by atoms with van der Waals surface area (Å²) >= 11 is 0. The number of amides is 1. The molecule has 0 saturated carbocycles. The van der Waals surface area contributed by atoms with Crippen LogP contribution >= 0.6 is 0 Å². The van der Waals surface area contributed by atoms with Crippen molar-refractivity contribution in [1.29, 1.82) is 5.26 Å². The van der Waals surface area contributed by atoms with Crippen molar-refractivity contribution in [2.45, 2.75) is 24.7 Å². The van der Waals surface area contributed by atoms with Gasteiger partial charge in [0.1, 0.15) is 0 Å². The van der Waals surface area contributed by atoms with Gasteiger partial charge < -0.3 is 4.90 Å². The van der Waals surface area contributed by atoms with E-state index in [2.05, 4.69) is 4.72 Å². The highest BCUT2D eigenvalue weighted by Gasteiger charge is 2.22. The van der Waals surface area contributed by atoms with E-state index in [0.29, 0.717) is 18.5 Å². The van der Waals surface area contributed by atoms with E-state index in [1.54, 1.807) is 4.90 Å². The summed E-state index contributed by atoms with van der Waals surface area (Å²) in [5, 5.41) is 8.72. The van der Waals surface area contributed by atoms with Gasteiger partial charge in [-0.3, -0.25) is 4.79 Å². The van der Waals surface area contributed by atoms with Gasteiger partial charge >= 0.3 is 0 Å². The molecule has 1 aliphatic rings. The number of carbonyl (C=O) groups excluding carboxylic acids is 1. The number of nitrogens with one attached hydrogen (secondary N) is 1. The lowest BCUT2D eigenvalue weighted by Gasteiger charge is -2.21. The number of likely N-dealkylation sites (tertiary alicyclic amines) is 1. The second-order valence-corrected chi connectivity index (χ2v) is 7.30. The second kappa shape index (κ2) is 6.90. The lowest BCUT2D eigenvalue weighted by molar-refractivity contribution is -0.128. The largest absolute Gasteiger partial charge is 0.342 e. The first-order valence-electron chi connectivity index (χ1n) is 7.20. The molecule has 0 bridgehead atoms. The van der Waals surface area contributed by atoms with Crippen LogP contribution in [0.3, 0.4) is 0 Å². The van der Waals surface area contributed by atoms with Crippen molar-refractivity contribution in [3.63, 3.8) is 0 Å². The Labute approximate surface area is 130 Å². The summed E-state index contributed by atoms with van der Waals surface area (Å²) in [4.78, 5) is 13.5. The van der Waals surface area contributed by atoms with Gasteiger partial charge in [-0.05, 0) is 36.6 Å². The molecule has 2 rings (SSSR count). The number of rotatable bonds is 6. The predicted molar refractivity (Wildman–Crippen MR) is 81.3 cm³/mol. The van der Waals surface area contributed by atoms with E-state index in [4.69, 9.17) is 5.26 Å². The average Bonchev–Trinajstić information content (AvgIpc) is 2.90. The second-order valence-electron chi connectivity index (χ2n) is 5.54. The highest BCUT2D eigenvalue weighted by molar-refractivity contribution is 7.89. The number of benzene rings is 1. The van der Waals surface area contributed by atoms with Crippen LogP contribution in [0.2, 0.25) is 0 Å². The molecule has 1 fully saturated rings. The maximum Gasteiger partial charge on any atom is 0.240 e. The highest BCUT2D eigenvalue weighted by atomic mass is 32.2. The first kappa shape index (κ1) is 16.5. The molecule has 0 unspecified atom stereocenters. The molecule has 0 aromatic heterocycles. The van der Waals surface area contributed by atoms with E-state index in [9.17, 15) is 13.2 Å². The van der Waals surface area contributed by atoms with Crippen LogP contribution < -0.4 is 4.72 Å². The van der Waals surface area contributed by atoms with Crippen molar-refractivity contribution in [1.82, 2.24) is 9.62 Å². The summed E-state index contributed by atoms with van der Waals surface area (Å²) in [6, 6.07) is 7.72. The Bertz CT molecular complexity index is 677. The van der Waals surface area contributed by atoms with Crippen LogP contribution in [0, 0.1) is 17.2 Å². The van der Waals surface area contributed by atoms with E-state index in [-0.39, 0.29) is 23.3 Å². The molecule has 1 aromatic carbocycles. The number of sulfonamides is 1. The van der Waals surface area contributed by atoms with Crippen molar-refractivity contribution in [2.24, 2.45) is 5.92 Å². The molecule has 1 aliphatic heterocycles. The molecule has 0 spiro atoms. The first-order chi connectivity index (χ1) is 10.4. The zero-order valence-electron chi connectivity index (χ0n) is 12.4. The smallest absolute Gasteiger partial charge is 0.240 e. The van der Waals surface area contributed by atoms with Gasteiger partial charge in [-0.1, -0.05) is 6.92 Å². The van der Waals surface area contributed by atoms with Crippen molar-refractivity contribution in [3.8, 4) is 6.07 Å². The van der Waals surface area contributed by atoms with Crippen LogP contribution in [-0.2, 0) is 14.8 Å². The number of nitriles is 1. The van der Waals surface area contributed by atoms with Gasteiger partial charge in [0.2, 0.25) is 15.9 Å². The van der Waals surface area contributed by atoms with Crippen molar-refractivity contribution in [2.75, 3.05) is 19.6 Å². The maximum absolute atomic E-state index is 12.2. The van der Waals surface area contributed by atoms with E-state index in [0.717, 1.165) is 13.0 Å². The van der Waals surface area contributed by atoms with E-state index < -0.39 is 10.0 Å². The van der Waals surface area contributed by atoms with E-state index >= 15 is 0 Å². The summed E-state index contributed by atoms with van der Waals surface area (Å²) < 4.78 is 26.9. The molecule has 1 amide bonds. The van der Waals surface area contributed by atoms with Crippen molar-refractivity contribution >= 4 is 15.9 Å². The monoisotopic (exact) mass is 321 g/mol. The van der Waals surface area contributed by atoms with Gasteiger partial charge in [0.05, 0.1) is 16.5 Å². The Morgan fingerprint density at radius 2 is 2.05 bits per heavy atom. The van der Waals surface area contributed by atoms with Gasteiger partial charge in [-0.25, -0.2) is 13.1 Å². The standard InChI is InChI=1S/C15H19N3O3S/c1-12(11-18-8-2-3-15(18)19)10-17-22(20,21)14-6-4-13(9-16)5-7-14/h4-7,12,17H,2-3,8,10-11H2,1H3/t12-/m1/s1. The zero-order valence-corrected chi connectivity index (χ0v) is 13.3. The molecular weight excluding hydrogens is 302 g/mol. The third kappa shape index (κ3) is 4.06. The van der Waals surface area contributed by atoms with Crippen molar-refractivity contribution < 1.29 is 13.2 Å².